The van der Waals surface area contributed by atoms with Gasteiger partial charge in [0.05, 0.1) is 12.7 Å². The molecule has 20 heavy (non-hydrogen) atoms. The Bertz CT molecular complexity index is 803. The summed E-state index contributed by atoms with van der Waals surface area (Å²) in [7, 11) is 1.56. The van der Waals surface area contributed by atoms with Crippen molar-refractivity contribution >= 4 is 40.6 Å². The van der Waals surface area contributed by atoms with Crippen LogP contribution in [0.2, 0.25) is 15.3 Å². The van der Waals surface area contributed by atoms with Crippen LogP contribution in [-0.2, 0) is 0 Å². The first-order chi connectivity index (χ1) is 9.61. The zero-order valence-corrected chi connectivity index (χ0v) is 12.4. The van der Waals surface area contributed by atoms with Crippen LogP contribution in [-0.4, -0.2) is 26.7 Å². The first-order valence-corrected chi connectivity index (χ1v) is 6.64. The molecule has 2 aromatic heterocycles. The van der Waals surface area contributed by atoms with E-state index in [1.165, 1.54) is 10.8 Å². The van der Waals surface area contributed by atoms with Crippen molar-refractivity contribution in [2.24, 2.45) is 0 Å². The van der Waals surface area contributed by atoms with Crippen LogP contribution in [0, 0.1) is 0 Å². The predicted molar refractivity (Wildman–Crippen MR) is 77.8 cm³/mol. The van der Waals surface area contributed by atoms with Crippen LogP contribution >= 0.6 is 34.8 Å². The number of hydrogen-bond donors (Lipinski definition) is 0. The Kier molecular flexibility index (Phi) is 3.41. The first kappa shape index (κ1) is 13.4. The fourth-order valence-corrected chi connectivity index (χ4v) is 2.67. The predicted octanol–water partition coefficient (Wildman–Crippen LogP) is 3.76. The maximum Gasteiger partial charge on any atom is 0.255 e. The summed E-state index contributed by atoms with van der Waals surface area (Å²) in [6.45, 7) is 0. The van der Waals surface area contributed by atoms with Gasteiger partial charge in [-0.15, -0.1) is 0 Å². The highest BCUT2D eigenvalue weighted by molar-refractivity contribution is 6.40. The number of aromatic nitrogens is 4. The van der Waals surface area contributed by atoms with E-state index in [-0.39, 0.29) is 10.3 Å². The van der Waals surface area contributed by atoms with E-state index in [4.69, 9.17) is 39.5 Å². The maximum absolute atomic E-state index is 6.33. The number of hydrogen-bond acceptors (Lipinski definition) is 4. The van der Waals surface area contributed by atoms with Crippen molar-refractivity contribution in [3.8, 4) is 16.9 Å². The van der Waals surface area contributed by atoms with Gasteiger partial charge in [0.15, 0.2) is 0 Å². The molecular weight excluding hydrogens is 323 g/mol. The maximum atomic E-state index is 6.33. The molecule has 0 saturated heterocycles. The summed E-state index contributed by atoms with van der Waals surface area (Å²) >= 11 is 18.7. The number of benzene rings is 1. The van der Waals surface area contributed by atoms with Gasteiger partial charge in [-0.05, 0) is 18.2 Å². The highest BCUT2D eigenvalue weighted by atomic mass is 35.5. The molecule has 0 N–H and O–H groups in total. The number of fused-ring (bicyclic) bond motifs is 1. The molecule has 3 rings (SSSR count). The van der Waals surface area contributed by atoms with Gasteiger partial charge >= 0.3 is 0 Å². The summed E-state index contributed by atoms with van der Waals surface area (Å²) in [5, 5.41) is 4.96. The second kappa shape index (κ2) is 5.09. The lowest BCUT2D eigenvalue weighted by Crippen LogP contribution is -1.98. The summed E-state index contributed by atoms with van der Waals surface area (Å²) in [6, 6.07) is 5.18. The Morgan fingerprint density at radius 1 is 1.20 bits per heavy atom. The van der Waals surface area contributed by atoms with Crippen LogP contribution in [0.25, 0.3) is 16.9 Å². The number of rotatable bonds is 2. The van der Waals surface area contributed by atoms with Crippen LogP contribution in [0.1, 0.15) is 0 Å². The zero-order valence-electron chi connectivity index (χ0n) is 10.1. The fraction of sp³-hybridized carbons (Fsp3) is 0.0833. The lowest BCUT2D eigenvalue weighted by Gasteiger charge is -2.11. The number of ether oxygens (including phenoxy) is 1. The van der Waals surface area contributed by atoms with Crippen molar-refractivity contribution in [1.82, 2.24) is 19.6 Å². The Morgan fingerprint density at radius 3 is 2.75 bits per heavy atom. The average molecular weight is 330 g/mol. The summed E-state index contributed by atoms with van der Waals surface area (Å²) in [5.74, 6) is 0.956. The van der Waals surface area contributed by atoms with Gasteiger partial charge in [-0.1, -0.05) is 34.8 Å². The van der Waals surface area contributed by atoms with Crippen molar-refractivity contribution in [3.05, 3.63) is 39.9 Å². The minimum atomic E-state index is 0.200. The van der Waals surface area contributed by atoms with E-state index in [0.29, 0.717) is 27.7 Å². The highest BCUT2D eigenvalue weighted by Crippen LogP contribution is 2.39. The topological polar surface area (TPSA) is 52.3 Å². The number of halogens is 3. The molecule has 0 fully saturated rings. The van der Waals surface area contributed by atoms with E-state index in [1.54, 1.807) is 25.3 Å². The van der Waals surface area contributed by atoms with E-state index < -0.39 is 0 Å². The SMILES string of the molecule is COc1ccc(Cl)c(-c2c(Cl)nc3ncnn3c2Cl)c1. The molecule has 0 aliphatic rings. The Balaban J connectivity index is 2.33. The van der Waals surface area contributed by atoms with Crippen LogP contribution in [0.15, 0.2) is 24.5 Å². The quantitative estimate of drug-likeness (QED) is 0.672. The molecule has 8 heteroatoms. The molecule has 0 unspecified atom stereocenters. The molecule has 0 bridgehead atoms. The van der Waals surface area contributed by atoms with Gasteiger partial charge in [0.25, 0.3) is 5.78 Å². The van der Waals surface area contributed by atoms with Crippen LogP contribution in [0.4, 0.5) is 0 Å². The molecule has 0 saturated carbocycles. The highest BCUT2D eigenvalue weighted by Gasteiger charge is 2.18. The number of nitrogens with zero attached hydrogens (tertiary/aromatic N) is 4. The summed E-state index contributed by atoms with van der Waals surface area (Å²) in [6.07, 6.45) is 1.35. The molecule has 102 valence electrons. The molecule has 0 atom stereocenters. The van der Waals surface area contributed by atoms with E-state index in [9.17, 15) is 0 Å². The fourth-order valence-electron chi connectivity index (χ4n) is 1.83. The van der Waals surface area contributed by atoms with Crippen molar-refractivity contribution in [1.29, 1.82) is 0 Å². The molecule has 0 radical (unpaired) electrons. The van der Waals surface area contributed by atoms with Crippen LogP contribution < -0.4 is 4.74 Å². The van der Waals surface area contributed by atoms with Gasteiger partial charge in [-0.25, -0.2) is 0 Å². The van der Waals surface area contributed by atoms with E-state index in [0.717, 1.165) is 0 Å². The first-order valence-electron chi connectivity index (χ1n) is 5.50. The third-order valence-corrected chi connectivity index (χ3v) is 3.72. The van der Waals surface area contributed by atoms with Gasteiger partial charge in [-0.2, -0.15) is 19.6 Å². The van der Waals surface area contributed by atoms with Crippen molar-refractivity contribution < 1.29 is 4.74 Å². The minimum absolute atomic E-state index is 0.200. The summed E-state index contributed by atoms with van der Waals surface area (Å²) in [5.41, 5.74) is 1.10. The minimum Gasteiger partial charge on any atom is -0.497 e. The molecule has 0 aliphatic carbocycles. The van der Waals surface area contributed by atoms with Crippen LogP contribution in [0.3, 0.4) is 0 Å². The van der Waals surface area contributed by atoms with Gasteiger partial charge in [0.1, 0.15) is 22.4 Å². The van der Waals surface area contributed by atoms with Gasteiger partial charge in [0.2, 0.25) is 0 Å². The molecule has 0 aliphatic heterocycles. The summed E-state index contributed by atoms with van der Waals surface area (Å²) in [4.78, 5) is 8.09. The zero-order chi connectivity index (χ0) is 14.3. The largest absolute Gasteiger partial charge is 0.497 e. The molecule has 3 aromatic rings. The Labute approximate surface area is 129 Å². The third-order valence-electron chi connectivity index (χ3n) is 2.77. The smallest absolute Gasteiger partial charge is 0.255 e. The standard InChI is InChI=1S/C12H7Cl3N4O/c1-20-6-2-3-8(13)7(4-6)9-10(14)18-12-16-5-17-19(12)11(9)15/h2-5H,1H3. The lowest BCUT2D eigenvalue weighted by molar-refractivity contribution is 0.415. The van der Waals surface area contributed by atoms with Gasteiger partial charge in [-0.3, -0.25) is 0 Å². The normalized spacial score (nSPS) is 11.0. The number of methoxy groups -OCH3 is 1. The van der Waals surface area contributed by atoms with E-state index >= 15 is 0 Å². The summed E-state index contributed by atoms with van der Waals surface area (Å²) < 4.78 is 6.57. The Hall–Kier alpha value is -1.56. The van der Waals surface area contributed by atoms with Crippen LogP contribution in [0.5, 0.6) is 5.75 Å². The monoisotopic (exact) mass is 328 g/mol. The second-order valence-corrected chi connectivity index (χ2v) is 5.01. The average Bonchev–Trinajstić information content (AvgIpc) is 2.89. The van der Waals surface area contributed by atoms with Crippen molar-refractivity contribution in [2.45, 2.75) is 0 Å². The molecule has 5 nitrogen and oxygen atoms in total. The van der Waals surface area contributed by atoms with E-state index in [1.807, 2.05) is 0 Å². The Morgan fingerprint density at radius 2 is 2.00 bits per heavy atom. The van der Waals surface area contributed by atoms with Gasteiger partial charge < -0.3 is 4.74 Å². The molecular formula is C12H7Cl3N4O. The molecule has 2 heterocycles. The molecule has 0 spiro atoms. The lowest BCUT2D eigenvalue weighted by atomic mass is 10.1. The van der Waals surface area contributed by atoms with Crippen molar-refractivity contribution in [3.63, 3.8) is 0 Å². The van der Waals surface area contributed by atoms with Gasteiger partial charge in [0, 0.05) is 10.6 Å². The van der Waals surface area contributed by atoms with Crippen molar-refractivity contribution in [2.75, 3.05) is 7.11 Å². The second-order valence-electron chi connectivity index (χ2n) is 3.89. The third kappa shape index (κ3) is 2.08. The molecule has 1 aromatic carbocycles. The molecule has 0 amide bonds. The van der Waals surface area contributed by atoms with E-state index in [2.05, 4.69) is 15.1 Å².